The maximum Gasteiger partial charge on any atom is 0.243 e. The molecule has 2 saturated heterocycles. The summed E-state index contributed by atoms with van der Waals surface area (Å²) in [7, 11) is -0.569. The van der Waals surface area contributed by atoms with Gasteiger partial charge in [0, 0.05) is 19.6 Å². The van der Waals surface area contributed by atoms with Gasteiger partial charge in [-0.3, -0.25) is 10.1 Å². The van der Waals surface area contributed by atoms with Crippen molar-refractivity contribution < 1.29 is 27.1 Å². The van der Waals surface area contributed by atoms with Crippen molar-refractivity contribution >= 4 is 15.9 Å². The van der Waals surface area contributed by atoms with Crippen LogP contribution < -0.4 is 14.8 Å². The van der Waals surface area contributed by atoms with Crippen LogP contribution in [0.15, 0.2) is 47.4 Å². The number of sulfonamides is 1. The van der Waals surface area contributed by atoms with Gasteiger partial charge in [0.05, 0.1) is 30.8 Å². The standard InChI is InChI=1S/C26H34FN3O5S/c1-18(2)24-25(31)30(14-11-19-5-10-22(34-3)23(17-19)35-4)26(28-24)12-15-29(16-13-26)36(32,33)21-8-6-20(27)7-9-21/h5-10,17-18,24,28H,11-16H2,1-4H3. The van der Waals surface area contributed by atoms with Gasteiger partial charge in [0.2, 0.25) is 15.9 Å². The number of halogens is 1. The van der Waals surface area contributed by atoms with E-state index in [-0.39, 0.29) is 35.9 Å². The average Bonchev–Trinajstić information content (AvgIpc) is 3.14. The van der Waals surface area contributed by atoms with Crippen molar-refractivity contribution in [1.29, 1.82) is 0 Å². The molecule has 2 aliphatic heterocycles. The molecule has 2 fully saturated rings. The number of hydrogen-bond donors (Lipinski definition) is 1. The van der Waals surface area contributed by atoms with E-state index in [1.807, 2.05) is 36.9 Å². The van der Waals surface area contributed by atoms with Crippen LogP contribution in [0.2, 0.25) is 0 Å². The van der Waals surface area contributed by atoms with Gasteiger partial charge in [-0.15, -0.1) is 0 Å². The van der Waals surface area contributed by atoms with Gasteiger partial charge in [0.15, 0.2) is 11.5 Å². The number of rotatable bonds is 8. The van der Waals surface area contributed by atoms with Crippen LogP contribution in [-0.4, -0.2) is 69.1 Å². The lowest BCUT2D eigenvalue weighted by Crippen LogP contribution is -2.60. The first-order valence-electron chi connectivity index (χ1n) is 12.2. The molecule has 0 bridgehead atoms. The van der Waals surface area contributed by atoms with Gasteiger partial charge in [-0.25, -0.2) is 12.8 Å². The first kappa shape index (κ1) is 26.4. The predicted octanol–water partition coefficient (Wildman–Crippen LogP) is 3.02. The summed E-state index contributed by atoms with van der Waals surface area (Å²) in [6.45, 7) is 5.04. The molecule has 1 amide bonds. The monoisotopic (exact) mass is 519 g/mol. The molecule has 2 aromatic carbocycles. The zero-order valence-corrected chi connectivity index (χ0v) is 22.0. The van der Waals surface area contributed by atoms with Gasteiger partial charge in [-0.2, -0.15) is 4.31 Å². The van der Waals surface area contributed by atoms with E-state index in [2.05, 4.69) is 5.32 Å². The Bertz CT molecular complexity index is 1190. The van der Waals surface area contributed by atoms with E-state index >= 15 is 0 Å². The van der Waals surface area contributed by atoms with Crippen LogP contribution in [0.25, 0.3) is 0 Å². The lowest BCUT2D eigenvalue weighted by Gasteiger charge is -2.44. The van der Waals surface area contributed by atoms with Gasteiger partial charge >= 0.3 is 0 Å². The van der Waals surface area contributed by atoms with Crippen molar-refractivity contribution in [2.75, 3.05) is 33.9 Å². The second-order valence-corrected chi connectivity index (χ2v) is 11.6. The fraction of sp³-hybridized carbons (Fsp3) is 0.500. The van der Waals surface area contributed by atoms with E-state index in [1.165, 1.54) is 16.4 Å². The summed E-state index contributed by atoms with van der Waals surface area (Å²) >= 11 is 0. The van der Waals surface area contributed by atoms with Crippen molar-refractivity contribution in [3.05, 3.63) is 53.8 Å². The lowest BCUT2D eigenvalue weighted by molar-refractivity contribution is -0.133. The number of carbonyl (C=O) groups excluding carboxylic acids is 1. The molecule has 0 saturated carbocycles. The second-order valence-electron chi connectivity index (χ2n) is 9.68. The molecular weight excluding hydrogens is 485 g/mol. The van der Waals surface area contributed by atoms with Gasteiger partial charge in [0.25, 0.3) is 0 Å². The van der Waals surface area contributed by atoms with Crippen LogP contribution in [0.3, 0.4) is 0 Å². The molecule has 1 atom stereocenters. The minimum Gasteiger partial charge on any atom is -0.493 e. The van der Waals surface area contributed by atoms with E-state index in [0.29, 0.717) is 37.3 Å². The molecule has 1 unspecified atom stereocenters. The summed E-state index contributed by atoms with van der Waals surface area (Å²) in [6.07, 6.45) is 1.56. The van der Waals surface area contributed by atoms with Gasteiger partial charge in [-0.1, -0.05) is 19.9 Å². The largest absolute Gasteiger partial charge is 0.493 e. The molecule has 8 nitrogen and oxygen atoms in total. The zero-order chi connectivity index (χ0) is 26.1. The fourth-order valence-corrected chi connectivity index (χ4v) is 6.57. The van der Waals surface area contributed by atoms with Crippen molar-refractivity contribution in [3.8, 4) is 11.5 Å². The van der Waals surface area contributed by atoms with E-state index in [9.17, 15) is 17.6 Å². The number of nitrogens with zero attached hydrogens (tertiary/aromatic N) is 2. The molecule has 36 heavy (non-hydrogen) atoms. The third-order valence-electron chi connectivity index (χ3n) is 7.21. The molecule has 0 aliphatic carbocycles. The van der Waals surface area contributed by atoms with Crippen molar-refractivity contribution in [2.24, 2.45) is 5.92 Å². The van der Waals surface area contributed by atoms with Gasteiger partial charge in [0.1, 0.15) is 5.82 Å². The number of ether oxygens (including phenoxy) is 2. The lowest BCUT2D eigenvalue weighted by atomic mass is 9.96. The minimum absolute atomic E-state index is 0.0420. The molecule has 4 rings (SSSR count). The number of nitrogens with one attached hydrogen (secondary N) is 1. The Hall–Kier alpha value is -2.69. The summed E-state index contributed by atoms with van der Waals surface area (Å²) in [5.41, 5.74) is 0.400. The van der Waals surface area contributed by atoms with Crippen LogP contribution >= 0.6 is 0 Å². The van der Waals surface area contributed by atoms with Crippen LogP contribution in [0.1, 0.15) is 32.3 Å². The molecule has 1 N–H and O–H groups in total. The molecule has 0 aromatic heterocycles. The summed E-state index contributed by atoms with van der Waals surface area (Å²) in [5, 5.41) is 3.56. The number of benzene rings is 2. The quantitative estimate of drug-likeness (QED) is 0.577. The number of carbonyl (C=O) groups is 1. The molecule has 10 heteroatoms. The number of methoxy groups -OCH3 is 2. The predicted molar refractivity (Wildman–Crippen MR) is 134 cm³/mol. The van der Waals surface area contributed by atoms with Crippen LogP contribution in [0.5, 0.6) is 11.5 Å². The first-order chi connectivity index (χ1) is 17.1. The van der Waals surface area contributed by atoms with Gasteiger partial charge in [-0.05, 0) is 67.1 Å². The number of hydrogen-bond acceptors (Lipinski definition) is 6. The van der Waals surface area contributed by atoms with Crippen LogP contribution in [-0.2, 0) is 21.2 Å². The van der Waals surface area contributed by atoms with Crippen molar-refractivity contribution in [3.63, 3.8) is 0 Å². The van der Waals surface area contributed by atoms with E-state index < -0.39 is 21.5 Å². The number of piperidine rings is 1. The smallest absolute Gasteiger partial charge is 0.243 e. The van der Waals surface area contributed by atoms with Crippen LogP contribution in [0, 0.1) is 11.7 Å². The summed E-state index contributed by atoms with van der Waals surface area (Å²) in [6, 6.07) is 10.3. The average molecular weight is 520 g/mol. The van der Waals surface area contributed by atoms with E-state index in [1.54, 1.807) is 14.2 Å². The van der Waals surface area contributed by atoms with E-state index in [4.69, 9.17) is 9.47 Å². The maximum absolute atomic E-state index is 13.4. The molecule has 2 aliphatic rings. The second kappa shape index (κ2) is 10.4. The number of amides is 1. The molecular formula is C26H34FN3O5S. The molecule has 2 heterocycles. The summed E-state index contributed by atoms with van der Waals surface area (Å²) < 4.78 is 51.7. The SMILES string of the molecule is COc1ccc(CCN2C(=O)C(C(C)C)NC23CCN(S(=O)(=O)c2ccc(F)cc2)CC3)cc1OC. The van der Waals surface area contributed by atoms with Gasteiger partial charge < -0.3 is 14.4 Å². The third kappa shape index (κ3) is 4.94. The molecule has 1 spiro atoms. The highest BCUT2D eigenvalue weighted by molar-refractivity contribution is 7.89. The highest BCUT2D eigenvalue weighted by Gasteiger charge is 2.52. The topological polar surface area (TPSA) is 88.2 Å². The third-order valence-corrected chi connectivity index (χ3v) is 9.13. The highest BCUT2D eigenvalue weighted by Crippen LogP contribution is 2.36. The zero-order valence-electron chi connectivity index (χ0n) is 21.2. The molecule has 196 valence electrons. The van der Waals surface area contributed by atoms with Crippen molar-refractivity contribution in [2.45, 2.75) is 49.7 Å². The Balaban J connectivity index is 1.52. The maximum atomic E-state index is 13.4. The van der Waals surface area contributed by atoms with E-state index in [0.717, 1.165) is 17.7 Å². The Morgan fingerprint density at radius 3 is 2.28 bits per heavy atom. The van der Waals surface area contributed by atoms with Crippen molar-refractivity contribution in [1.82, 2.24) is 14.5 Å². The Kier molecular flexibility index (Phi) is 7.59. The minimum atomic E-state index is -3.75. The molecule has 0 radical (unpaired) electrons. The Morgan fingerprint density at radius 1 is 1.06 bits per heavy atom. The summed E-state index contributed by atoms with van der Waals surface area (Å²) in [5.74, 6) is 0.938. The Labute approximate surface area is 212 Å². The highest BCUT2D eigenvalue weighted by atomic mass is 32.2. The first-order valence-corrected chi connectivity index (χ1v) is 13.6. The summed E-state index contributed by atoms with van der Waals surface area (Å²) in [4.78, 5) is 15.4. The van der Waals surface area contributed by atoms with Crippen LogP contribution in [0.4, 0.5) is 4.39 Å². The normalized spacial score (nSPS) is 20.3. The molecule has 2 aromatic rings. The fourth-order valence-electron chi connectivity index (χ4n) is 5.13. The Morgan fingerprint density at radius 2 is 1.69 bits per heavy atom.